The van der Waals surface area contributed by atoms with Crippen LogP contribution in [0.4, 0.5) is 0 Å². The zero-order valence-electron chi connectivity index (χ0n) is 15.0. The third kappa shape index (κ3) is 4.90. The number of sulfonamides is 1. The molecule has 0 unspecified atom stereocenters. The molecule has 8 nitrogen and oxygen atoms in total. The quantitative estimate of drug-likeness (QED) is 0.396. The molecule has 2 aromatic heterocycles. The van der Waals surface area contributed by atoms with E-state index in [4.69, 9.17) is 9.15 Å². The minimum absolute atomic E-state index is 0.236. The topological polar surface area (TPSA) is 90.5 Å². The van der Waals surface area contributed by atoms with Gasteiger partial charge in [0.25, 0.3) is 0 Å². The van der Waals surface area contributed by atoms with E-state index in [0.717, 1.165) is 10.9 Å². The molecule has 0 atom stereocenters. The van der Waals surface area contributed by atoms with Gasteiger partial charge in [0.1, 0.15) is 17.8 Å². The van der Waals surface area contributed by atoms with Crippen molar-refractivity contribution in [2.45, 2.75) is 16.6 Å². The van der Waals surface area contributed by atoms with Crippen molar-refractivity contribution in [3.63, 3.8) is 0 Å². The maximum absolute atomic E-state index is 12.0. The third-order valence-electron chi connectivity index (χ3n) is 3.67. The number of hydrogen-bond acceptors (Lipinski definition) is 7. The summed E-state index contributed by atoms with van der Waals surface area (Å²) in [4.78, 5) is 0.236. The van der Waals surface area contributed by atoms with Crippen LogP contribution in [-0.2, 0) is 16.6 Å². The summed E-state index contributed by atoms with van der Waals surface area (Å²) in [5.74, 6) is 2.13. The highest BCUT2D eigenvalue weighted by molar-refractivity contribution is 7.99. The number of thioether (sulfide) groups is 1. The van der Waals surface area contributed by atoms with Gasteiger partial charge >= 0.3 is 0 Å². The molecule has 0 amide bonds. The Hall–Kier alpha value is -2.30. The van der Waals surface area contributed by atoms with Crippen LogP contribution in [0.15, 0.2) is 63.5 Å². The van der Waals surface area contributed by atoms with E-state index in [1.165, 1.54) is 42.3 Å². The van der Waals surface area contributed by atoms with Crippen molar-refractivity contribution in [1.29, 1.82) is 0 Å². The van der Waals surface area contributed by atoms with E-state index in [9.17, 15) is 8.42 Å². The first-order chi connectivity index (χ1) is 13.0. The van der Waals surface area contributed by atoms with Gasteiger partial charge in [-0.25, -0.2) is 12.7 Å². The molecule has 0 bridgehead atoms. The summed E-state index contributed by atoms with van der Waals surface area (Å²) in [6.45, 7) is 1.03. The van der Waals surface area contributed by atoms with Gasteiger partial charge in [-0.3, -0.25) is 0 Å². The SMILES string of the molecule is CN(C)S(=O)(=O)c1ccc(OCCSc2nncn2Cc2ccco2)cc1. The first-order valence-corrected chi connectivity index (χ1v) is 10.6. The van der Waals surface area contributed by atoms with Gasteiger partial charge in [0.05, 0.1) is 24.3 Å². The van der Waals surface area contributed by atoms with Crippen LogP contribution in [0.2, 0.25) is 0 Å². The van der Waals surface area contributed by atoms with Crippen molar-refractivity contribution >= 4 is 21.8 Å². The highest BCUT2D eigenvalue weighted by Gasteiger charge is 2.16. The van der Waals surface area contributed by atoms with E-state index >= 15 is 0 Å². The molecular formula is C17H20N4O4S2. The number of aromatic nitrogens is 3. The first kappa shape index (κ1) is 19.5. The summed E-state index contributed by atoms with van der Waals surface area (Å²) in [7, 11) is -0.424. The minimum Gasteiger partial charge on any atom is -0.493 e. The van der Waals surface area contributed by atoms with Crippen LogP contribution in [0.3, 0.4) is 0 Å². The molecule has 3 rings (SSSR count). The number of furan rings is 1. The van der Waals surface area contributed by atoms with E-state index in [2.05, 4.69) is 10.2 Å². The standard InChI is InChI=1S/C17H20N4O4S2/c1-20(2)27(22,23)16-7-5-14(6-8-16)25-10-11-26-17-19-18-13-21(17)12-15-4-3-9-24-15/h3-9,13H,10-12H2,1-2H3. The Kier molecular flexibility index (Phi) is 6.19. The van der Waals surface area contributed by atoms with Gasteiger partial charge < -0.3 is 13.7 Å². The number of hydrogen-bond donors (Lipinski definition) is 0. The molecule has 0 aliphatic heterocycles. The van der Waals surface area contributed by atoms with E-state index in [0.29, 0.717) is 24.7 Å². The second kappa shape index (κ2) is 8.59. The number of nitrogens with zero attached hydrogens (tertiary/aromatic N) is 4. The average molecular weight is 409 g/mol. The van der Waals surface area contributed by atoms with Crippen LogP contribution < -0.4 is 4.74 Å². The molecule has 27 heavy (non-hydrogen) atoms. The van der Waals surface area contributed by atoms with Crippen LogP contribution in [0, 0.1) is 0 Å². The van der Waals surface area contributed by atoms with Gasteiger partial charge in [-0.15, -0.1) is 10.2 Å². The fourth-order valence-corrected chi connectivity index (χ4v) is 3.88. The zero-order valence-corrected chi connectivity index (χ0v) is 16.6. The fourth-order valence-electron chi connectivity index (χ4n) is 2.25. The molecule has 0 saturated heterocycles. The highest BCUT2D eigenvalue weighted by Crippen LogP contribution is 2.20. The lowest BCUT2D eigenvalue weighted by molar-refractivity contribution is 0.343. The maximum atomic E-state index is 12.0. The summed E-state index contributed by atoms with van der Waals surface area (Å²) in [6.07, 6.45) is 3.30. The van der Waals surface area contributed by atoms with E-state index in [1.807, 2.05) is 16.7 Å². The molecule has 0 N–H and O–H groups in total. The van der Waals surface area contributed by atoms with E-state index in [-0.39, 0.29) is 4.90 Å². The summed E-state index contributed by atoms with van der Waals surface area (Å²) >= 11 is 1.53. The van der Waals surface area contributed by atoms with Crippen molar-refractivity contribution in [3.8, 4) is 5.75 Å². The van der Waals surface area contributed by atoms with Crippen molar-refractivity contribution in [2.75, 3.05) is 26.5 Å². The average Bonchev–Trinajstić information content (AvgIpc) is 3.32. The molecule has 2 heterocycles. The Labute approximate surface area is 162 Å². The van der Waals surface area contributed by atoms with Crippen molar-refractivity contribution in [1.82, 2.24) is 19.1 Å². The minimum atomic E-state index is -3.43. The van der Waals surface area contributed by atoms with Gasteiger partial charge in [0, 0.05) is 19.8 Å². The molecule has 0 radical (unpaired) electrons. The first-order valence-electron chi connectivity index (χ1n) is 8.15. The molecule has 144 valence electrons. The van der Waals surface area contributed by atoms with Crippen LogP contribution in [0.5, 0.6) is 5.75 Å². The van der Waals surface area contributed by atoms with Crippen molar-refractivity contribution in [3.05, 3.63) is 54.7 Å². The Balaban J connectivity index is 1.49. The Morgan fingerprint density at radius 1 is 1.22 bits per heavy atom. The van der Waals surface area contributed by atoms with Gasteiger partial charge in [-0.1, -0.05) is 11.8 Å². The lowest BCUT2D eigenvalue weighted by Crippen LogP contribution is -2.22. The lowest BCUT2D eigenvalue weighted by Gasteiger charge is -2.12. The number of rotatable bonds is 9. The van der Waals surface area contributed by atoms with Crippen molar-refractivity contribution in [2.24, 2.45) is 0 Å². The Morgan fingerprint density at radius 3 is 2.67 bits per heavy atom. The molecule has 0 aliphatic rings. The fraction of sp³-hybridized carbons (Fsp3) is 0.294. The Bertz CT molecular complexity index is 951. The largest absolute Gasteiger partial charge is 0.493 e. The van der Waals surface area contributed by atoms with Crippen LogP contribution in [0.25, 0.3) is 0 Å². The maximum Gasteiger partial charge on any atom is 0.242 e. The predicted molar refractivity (Wildman–Crippen MR) is 101 cm³/mol. The molecule has 0 saturated carbocycles. The molecule has 10 heteroatoms. The smallest absolute Gasteiger partial charge is 0.242 e. The third-order valence-corrected chi connectivity index (χ3v) is 6.45. The second-order valence-electron chi connectivity index (χ2n) is 5.78. The highest BCUT2D eigenvalue weighted by atomic mass is 32.2. The molecule has 3 aromatic rings. The molecule has 1 aromatic carbocycles. The molecule has 0 spiro atoms. The monoisotopic (exact) mass is 408 g/mol. The van der Waals surface area contributed by atoms with Crippen LogP contribution >= 0.6 is 11.8 Å². The number of ether oxygens (including phenoxy) is 1. The molecule has 0 aliphatic carbocycles. The zero-order chi connectivity index (χ0) is 19.3. The lowest BCUT2D eigenvalue weighted by atomic mass is 10.3. The van der Waals surface area contributed by atoms with Crippen LogP contribution in [0.1, 0.15) is 5.76 Å². The molecule has 0 fully saturated rings. The summed E-state index contributed by atoms with van der Waals surface area (Å²) in [5.41, 5.74) is 0. The molecular weight excluding hydrogens is 388 g/mol. The normalized spacial score (nSPS) is 11.8. The summed E-state index contributed by atoms with van der Waals surface area (Å²) in [5, 5.41) is 8.82. The van der Waals surface area contributed by atoms with E-state index in [1.54, 1.807) is 24.7 Å². The van der Waals surface area contributed by atoms with Gasteiger partial charge in [0.15, 0.2) is 5.16 Å². The Morgan fingerprint density at radius 2 is 2.00 bits per heavy atom. The number of benzene rings is 1. The van der Waals surface area contributed by atoms with E-state index < -0.39 is 10.0 Å². The summed E-state index contributed by atoms with van der Waals surface area (Å²) in [6, 6.07) is 10.1. The van der Waals surface area contributed by atoms with Crippen LogP contribution in [-0.4, -0.2) is 53.9 Å². The summed E-state index contributed by atoms with van der Waals surface area (Å²) < 4.78 is 38.2. The predicted octanol–water partition coefficient (Wildman–Crippen LogP) is 2.34. The second-order valence-corrected chi connectivity index (χ2v) is 8.99. The van der Waals surface area contributed by atoms with Gasteiger partial charge in [-0.05, 0) is 36.4 Å². The van der Waals surface area contributed by atoms with Gasteiger partial charge in [0.2, 0.25) is 10.0 Å². The van der Waals surface area contributed by atoms with Crippen molar-refractivity contribution < 1.29 is 17.6 Å². The van der Waals surface area contributed by atoms with Gasteiger partial charge in [-0.2, -0.15) is 0 Å².